The molecule has 2 unspecified atom stereocenters. The number of benzene rings is 3. The normalized spacial score (nSPS) is 18.9. The fourth-order valence-corrected chi connectivity index (χ4v) is 4.69. The summed E-state index contributed by atoms with van der Waals surface area (Å²) in [5, 5.41) is 9.50. The monoisotopic (exact) mass is 380 g/mol. The largest absolute Gasteiger partial charge is 0.257 e. The highest BCUT2D eigenvalue weighted by Gasteiger charge is 2.40. The zero-order chi connectivity index (χ0) is 18.8. The van der Waals surface area contributed by atoms with Gasteiger partial charge in [-0.1, -0.05) is 84.9 Å². The molecular weight excluding hydrogens is 360 g/mol. The molecule has 0 N–H and O–H groups in total. The quantitative estimate of drug-likeness (QED) is 0.395. The number of hydrazone groups is 1. The van der Waals surface area contributed by atoms with Gasteiger partial charge in [-0.15, -0.1) is 11.3 Å². The molecule has 0 amide bonds. The predicted octanol–water partition coefficient (Wildman–Crippen LogP) is 6.50. The number of anilines is 1. The first-order valence-electron chi connectivity index (χ1n) is 9.48. The first-order chi connectivity index (χ1) is 13.9. The SMILES string of the molecule is c1ccc(C2C(c3cccs3)=NN(c3ccccc3)C2c2ccccc2)cc1. The Morgan fingerprint density at radius 1 is 0.643 bits per heavy atom. The lowest BCUT2D eigenvalue weighted by molar-refractivity contribution is 0.648. The maximum atomic E-state index is 5.18. The zero-order valence-electron chi connectivity index (χ0n) is 15.3. The Morgan fingerprint density at radius 2 is 1.25 bits per heavy atom. The van der Waals surface area contributed by atoms with E-state index in [9.17, 15) is 0 Å². The van der Waals surface area contributed by atoms with E-state index in [1.54, 1.807) is 11.3 Å². The zero-order valence-corrected chi connectivity index (χ0v) is 16.2. The minimum atomic E-state index is 0.114. The van der Waals surface area contributed by atoms with Crippen molar-refractivity contribution in [3.05, 3.63) is 125 Å². The molecule has 2 nitrogen and oxygen atoms in total. The smallest absolute Gasteiger partial charge is 0.0901 e. The molecule has 1 aliphatic heterocycles. The van der Waals surface area contributed by atoms with Crippen LogP contribution in [0.3, 0.4) is 0 Å². The van der Waals surface area contributed by atoms with Crippen molar-refractivity contribution in [3.8, 4) is 0 Å². The van der Waals surface area contributed by atoms with Gasteiger partial charge in [0.2, 0.25) is 0 Å². The van der Waals surface area contributed by atoms with Crippen LogP contribution in [0.5, 0.6) is 0 Å². The number of para-hydroxylation sites is 1. The first-order valence-corrected chi connectivity index (χ1v) is 10.4. The molecule has 0 aliphatic carbocycles. The molecule has 1 aromatic heterocycles. The van der Waals surface area contributed by atoms with E-state index in [0.717, 1.165) is 11.4 Å². The Kier molecular flexibility index (Phi) is 4.51. The lowest BCUT2D eigenvalue weighted by Gasteiger charge is -2.29. The molecule has 0 spiro atoms. The standard InChI is InChI=1S/C25H20N2S/c1-4-11-19(12-5-1)23-24(22-17-10-18-28-22)26-27(21-15-8-3-9-16-21)25(23)20-13-6-2-7-14-20/h1-18,23,25H. The van der Waals surface area contributed by atoms with E-state index in [-0.39, 0.29) is 12.0 Å². The van der Waals surface area contributed by atoms with Crippen LogP contribution in [0.4, 0.5) is 5.69 Å². The average Bonchev–Trinajstić information content (AvgIpc) is 3.43. The van der Waals surface area contributed by atoms with Gasteiger partial charge in [0.1, 0.15) is 0 Å². The van der Waals surface area contributed by atoms with Crippen molar-refractivity contribution in [3.63, 3.8) is 0 Å². The van der Waals surface area contributed by atoms with Gasteiger partial charge in [-0.25, -0.2) is 0 Å². The summed E-state index contributed by atoms with van der Waals surface area (Å²) in [5.41, 5.74) is 4.82. The molecule has 5 rings (SSSR count). The van der Waals surface area contributed by atoms with E-state index in [4.69, 9.17) is 5.10 Å². The average molecular weight is 381 g/mol. The van der Waals surface area contributed by atoms with Crippen molar-refractivity contribution in [2.75, 3.05) is 5.01 Å². The molecule has 3 aromatic carbocycles. The lowest BCUT2D eigenvalue weighted by Crippen LogP contribution is -2.24. The van der Waals surface area contributed by atoms with Crippen molar-refractivity contribution >= 4 is 22.7 Å². The molecule has 136 valence electrons. The van der Waals surface area contributed by atoms with Crippen molar-refractivity contribution in [1.82, 2.24) is 0 Å². The van der Waals surface area contributed by atoms with Crippen LogP contribution < -0.4 is 5.01 Å². The minimum Gasteiger partial charge on any atom is -0.257 e. The first kappa shape index (κ1) is 17.0. The molecule has 3 heteroatoms. The van der Waals surface area contributed by atoms with E-state index >= 15 is 0 Å². The highest BCUT2D eigenvalue weighted by Crippen LogP contribution is 2.46. The highest BCUT2D eigenvalue weighted by molar-refractivity contribution is 7.12. The molecule has 0 saturated carbocycles. The molecule has 4 aromatic rings. The van der Waals surface area contributed by atoms with Gasteiger partial charge in [0.25, 0.3) is 0 Å². The van der Waals surface area contributed by atoms with Crippen LogP contribution in [0.15, 0.2) is 114 Å². The lowest BCUT2D eigenvalue weighted by atomic mass is 9.83. The van der Waals surface area contributed by atoms with Crippen LogP contribution in [0.25, 0.3) is 0 Å². The summed E-state index contributed by atoms with van der Waals surface area (Å²) in [6.07, 6.45) is 0. The second-order valence-corrected chi connectivity index (χ2v) is 7.83. The fourth-order valence-electron chi connectivity index (χ4n) is 3.94. The van der Waals surface area contributed by atoms with Crippen molar-refractivity contribution in [1.29, 1.82) is 0 Å². The summed E-state index contributed by atoms with van der Waals surface area (Å²) >= 11 is 1.76. The van der Waals surface area contributed by atoms with Crippen LogP contribution in [-0.2, 0) is 0 Å². The van der Waals surface area contributed by atoms with Gasteiger partial charge >= 0.3 is 0 Å². The molecule has 0 saturated heterocycles. The third-order valence-electron chi connectivity index (χ3n) is 5.18. The van der Waals surface area contributed by atoms with E-state index in [1.165, 1.54) is 16.0 Å². The molecule has 0 fully saturated rings. The Labute approximate surface area is 169 Å². The van der Waals surface area contributed by atoms with Crippen LogP contribution >= 0.6 is 11.3 Å². The van der Waals surface area contributed by atoms with Crippen LogP contribution in [0.2, 0.25) is 0 Å². The van der Waals surface area contributed by atoms with E-state index in [2.05, 4.69) is 114 Å². The topological polar surface area (TPSA) is 15.6 Å². The second kappa shape index (κ2) is 7.45. The molecule has 0 bridgehead atoms. The van der Waals surface area contributed by atoms with Crippen LogP contribution in [0, 0.1) is 0 Å². The highest BCUT2D eigenvalue weighted by atomic mass is 32.1. The van der Waals surface area contributed by atoms with Gasteiger partial charge in [0, 0.05) is 0 Å². The van der Waals surface area contributed by atoms with Gasteiger partial charge in [0.05, 0.1) is 28.2 Å². The maximum Gasteiger partial charge on any atom is 0.0901 e. The Bertz CT molecular complexity index is 1060. The molecule has 1 aliphatic rings. The van der Waals surface area contributed by atoms with Crippen LogP contribution in [-0.4, -0.2) is 5.71 Å². The van der Waals surface area contributed by atoms with Gasteiger partial charge in [-0.05, 0) is 34.7 Å². The summed E-state index contributed by atoms with van der Waals surface area (Å²) in [5.74, 6) is 0.169. The van der Waals surface area contributed by atoms with Gasteiger partial charge in [-0.3, -0.25) is 5.01 Å². The molecular formula is C25H20N2S. The minimum absolute atomic E-state index is 0.114. The number of nitrogens with zero attached hydrogens (tertiary/aromatic N) is 2. The number of hydrogen-bond acceptors (Lipinski definition) is 3. The summed E-state index contributed by atoms with van der Waals surface area (Å²) in [7, 11) is 0. The molecule has 2 heterocycles. The van der Waals surface area contributed by atoms with Crippen LogP contribution in [0.1, 0.15) is 28.0 Å². The molecule has 28 heavy (non-hydrogen) atoms. The van der Waals surface area contributed by atoms with Gasteiger partial charge in [0.15, 0.2) is 0 Å². The fraction of sp³-hybridized carbons (Fsp3) is 0.0800. The number of rotatable bonds is 4. The third kappa shape index (κ3) is 3.04. The van der Waals surface area contributed by atoms with E-state index < -0.39 is 0 Å². The molecule has 2 atom stereocenters. The third-order valence-corrected chi connectivity index (χ3v) is 6.08. The Balaban J connectivity index is 1.72. The van der Waals surface area contributed by atoms with Crippen molar-refractivity contribution in [2.45, 2.75) is 12.0 Å². The summed E-state index contributed by atoms with van der Waals surface area (Å²) in [6, 6.07) is 36.4. The van der Waals surface area contributed by atoms with E-state index in [0.29, 0.717) is 0 Å². The second-order valence-electron chi connectivity index (χ2n) is 6.89. The van der Waals surface area contributed by atoms with E-state index in [1.807, 2.05) is 0 Å². The van der Waals surface area contributed by atoms with Gasteiger partial charge in [-0.2, -0.15) is 5.10 Å². The number of hydrogen-bond donors (Lipinski definition) is 0. The Hall–Kier alpha value is -3.17. The summed E-state index contributed by atoms with van der Waals surface area (Å²) in [6.45, 7) is 0. The number of thiophene rings is 1. The predicted molar refractivity (Wildman–Crippen MR) is 118 cm³/mol. The Morgan fingerprint density at radius 3 is 1.86 bits per heavy atom. The summed E-state index contributed by atoms with van der Waals surface area (Å²) in [4.78, 5) is 1.23. The summed E-state index contributed by atoms with van der Waals surface area (Å²) < 4.78 is 0. The molecule has 0 radical (unpaired) electrons. The maximum absolute atomic E-state index is 5.18. The van der Waals surface area contributed by atoms with Gasteiger partial charge < -0.3 is 0 Å². The van der Waals surface area contributed by atoms with Crippen molar-refractivity contribution in [2.24, 2.45) is 5.10 Å². The van der Waals surface area contributed by atoms with Crippen molar-refractivity contribution < 1.29 is 0 Å².